The summed E-state index contributed by atoms with van der Waals surface area (Å²) >= 11 is 0. The number of aromatic carboxylic acids is 1. The molecular formula is C15H12N2O3. The quantitative estimate of drug-likeness (QED) is 0.645. The summed E-state index contributed by atoms with van der Waals surface area (Å²) in [5, 5.41) is 12.0. The van der Waals surface area contributed by atoms with Crippen LogP contribution in [0.15, 0.2) is 53.5 Å². The fraction of sp³-hybridized carbons (Fsp3) is 0.0667. The third kappa shape index (κ3) is 3.31. The highest BCUT2D eigenvalue weighted by molar-refractivity contribution is 5.90. The van der Waals surface area contributed by atoms with Crippen molar-refractivity contribution in [3.8, 4) is 0 Å². The second-order valence-electron chi connectivity index (χ2n) is 4.08. The zero-order valence-electron chi connectivity index (χ0n) is 10.5. The van der Waals surface area contributed by atoms with Crippen molar-refractivity contribution >= 4 is 23.4 Å². The molecule has 5 heteroatoms. The minimum absolute atomic E-state index is 0.0734. The van der Waals surface area contributed by atoms with Crippen LogP contribution in [0, 0.1) is 0 Å². The van der Waals surface area contributed by atoms with Gasteiger partial charge in [-0.05, 0) is 23.8 Å². The fourth-order valence-electron chi connectivity index (χ4n) is 1.75. The first kappa shape index (κ1) is 13.5. The van der Waals surface area contributed by atoms with Crippen LogP contribution >= 0.6 is 0 Å². The van der Waals surface area contributed by atoms with Crippen LogP contribution in [0.25, 0.3) is 0 Å². The predicted molar refractivity (Wildman–Crippen MR) is 75.0 cm³/mol. The first-order valence-corrected chi connectivity index (χ1v) is 5.93. The Bertz CT molecular complexity index is 662. The molecule has 20 heavy (non-hydrogen) atoms. The highest BCUT2D eigenvalue weighted by atomic mass is 16.4. The van der Waals surface area contributed by atoms with Crippen molar-refractivity contribution in [3.05, 3.63) is 59.7 Å². The molecule has 0 heterocycles. The average molecular weight is 268 g/mol. The number of isocyanates is 1. The number of nitrogens with one attached hydrogen (secondary N) is 1. The molecule has 0 saturated carbocycles. The van der Waals surface area contributed by atoms with E-state index in [2.05, 4.69) is 10.3 Å². The Morgan fingerprint density at radius 3 is 2.60 bits per heavy atom. The smallest absolute Gasteiger partial charge is 0.335 e. The Hall–Kier alpha value is -2.91. The zero-order chi connectivity index (χ0) is 14.4. The van der Waals surface area contributed by atoms with Gasteiger partial charge in [0.25, 0.3) is 0 Å². The maximum atomic E-state index is 10.9. The van der Waals surface area contributed by atoms with Gasteiger partial charge in [0.05, 0.1) is 11.3 Å². The fourth-order valence-corrected chi connectivity index (χ4v) is 1.75. The summed E-state index contributed by atoms with van der Waals surface area (Å²) in [6.07, 6.45) is 1.43. The first-order valence-electron chi connectivity index (χ1n) is 5.93. The van der Waals surface area contributed by atoms with E-state index in [0.29, 0.717) is 12.2 Å². The average Bonchev–Trinajstić information content (AvgIpc) is 2.47. The Morgan fingerprint density at radius 2 is 1.95 bits per heavy atom. The number of rotatable bonds is 5. The molecule has 0 fully saturated rings. The number of carbonyl (C=O) groups excluding carboxylic acids is 1. The Morgan fingerprint density at radius 1 is 1.20 bits per heavy atom. The SMILES string of the molecule is O=C=Nc1cc(C(=O)O)ccc1NCc1ccccc1. The topological polar surface area (TPSA) is 78.8 Å². The predicted octanol–water partition coefficient (Wildman–Crippen LogP) is 2.96. The van der Waals surface area contributed by atoms with Crippen molar-refractivity contribution in [2.45, 2.75) is 6.54 Å². The van der Waals surface area contributed by atoms with Crippen molar-refractivity contribution in [2.75, 3.05) is 5.32 Å². The van der Waals surface area contributed by atoms with Crippen molar-refractivity contribution in [3.63, 3.8) is 0 Å². The Labute approximate surface area is 115 Å². The summed E-state index contributed by atoms with van der Waals surface area (Å²) in [6.45, 7) is 0.550. The van der Waals surface area contributed by atoms with Crippen LogP contribution in [0.5, 0.6) is 0 Å². The van der Waals surface area contributed by atoms with E-state index < -0.39 is 5.97 Å². The summed E-state index contributed by atoms with van der Waals surface area (Å²) in [6, 6.07) is 14.1. The van der Waals surface area contributed by atoms with Gasteiger partial charge in [0.2, 0.25) is 6.08 Å². The molecule has 2 aromatic carbocycles. The minimum atomic E-state index is -1.07. The lowest BCUT2D eigenvalue weighted by Crippen LogP contribution is -2.01. The van der Waals surface area contributed by atoms with Crippen molar-refractivity contribution in [2.24, 2.45) is 4.99 Å². The monoisotopic (exact) mass is 268 g/mol. The number of hydrogen-bond donors (Lipinski definition) is 2. The molecule has 2 aromatic rings. The first-order chi connectivity index (χ1) is 9.70. The van der Waals surface area contributed by atoms with Gasteiger partial charge in [0.1, 0.15) is 5.69 Å². The molecule has 0 amide bonds. The van der Waals surface area contributed by atoms with Gasteiger partial charge < -0.3 is 10.4 Å². The lowest BCUT2D eigenvalue weighted by molar-refractivity contribution is 0.0697. The summed E-state index contributed by atoms with van der Waals surface area (Å²) in [5.41, 5.74) is 1.98. The molecule has 2 rings (SSSR count). The van der Waals surface area contributed by atoms with Crippen LogP contribution in [0.4, 0.5) is 11.4 Å². The molecule has 5 nitrogen and oxygen atoms in total. The van der Waals surface area contributed by atoms with Gasteiger partial charge in [-0.2, -0.15) is 4.99 Å². The van der Waals surface area contributed by atoms with Crippen LogP contribution < -0.4 is 5.32 Å². The van der Waals surface area contributed by atoms with Gasteiger partial charge in [-0.1, -0.05) is 30.3 Å². The molecular weight excluding hydrogens is 256 g/mol. The van der Waals surface area contributed by atoms with E-state index in [1.165, 1.54) is 18.2 Å². The molecule has 100 valence electrons. The number of nitrogens with zero attached hydrogens (tertiary/aromatic N) is 1. The van der Waals surface area contributed by atoms with E-state index >= 15 is 0 Å². The van der Waals surface area contributed by atoms with Crippen LogP contribution in [0.3, 0.4) is 0 Å². The minimum Gasteiger partial charge on any atom is -0.478 e. The van der Waals surface area contributed by atoms with Crippen LogP contribution in [-0.4, -0.2) is 17.2 Å². The van der Waals surface area contributed by atoms with E-state index in [0.717, 1.165) is 5.56 Å². The van der Waals surface area contributed by atoms with Crippen molar-refractivity contribution < 1.29 is 14.7 Å². The number of anilines is 1. The maximum absolute atomic E-state index is 10.9. The third-order valence-corrected chi connectivity index (χ3v) is 2.74. The van der Waals surface area contributed by atoms with Crippen molar-refractivity contribution in [1.29, 1.82) is 0 Å². The Kier molecular flexibility index (Phi) is 4.27. The van der Waals surface area contributed by atoms with E-state index in [1.54, 1.807) is 6.07 Å². The number of hydrogen-bond acceptors (Lipinski definition) is 4. The molecule has 0 radical (unpaired) electrons. The van der Waals surface area contributed by atoms with E-state index in [4.69, 9.17) is 5.11 Å². The normalized spacial score (nSPS) is 9.60. The number of carboxylic acid groups (broad SMARTS) is 1. The standard InChI is InChI=1S/C15H12N2O3/c18-10-17-14-8-12(15(19)20)6-7-13(14)16-9-11-4-2-1-3-5-11/h1-8,16H,9H2,(H,19,20). The van der Waals surface area contributed by atoms with E-state index in [-0.39, 0.29) is 11.3 Å². The van der Waals surface area contributed by atoms with Crippen molar-refractivity contribution in [1.82, 2.24) is 0 Å². The molecule has 0 atom stereocenters. The van der Waals surface area contributed by atoms with Crippen LogP contribution in [0.2, 0.25) is 0 Å². The summed E-state index contributed by atoms with van der Waals surface area (Å²) in [5.74, 6) is -1.07. The maximum Gasteiger partial charge on any atom is 0.335 e. The summed E-state index contributed by atoms with van der Waals surface area (Å²) in [4.78, 5) is 24.8. The van der Waals surface area contributed by atoms with Gasteiger partial charge >= 0.3 is 5.97 Å². The number of aliphatic imine (C=N–C) groups is 1. The molecule has 0 unspecified atom stereocenters. The molecule has 0 spiro atoms. The molecule has 0 bridgehead atoms. The van der Waals surface area contributed by atoms with Gasteiger partial charge in [-0.25, -0.2) is 9.59 Å². The second kappa shape index (κ2) is 6.31. The highest BCUT2D eigenvalue weighted by Crippen LogP contribution is 2.26. The molecule has 0 aliphatic rings. The number of carbonyl (C=O) groups is 1. The zero-order valence-corrected chi connectivity index (χ0v) is 10.5. The van der Waals surface area contributed by atoms with Gasteiger partial charge in [-0.15, -0.1) is 0 Å². The highest BCUT2D eigenvalue weighted by Gasteiger charge is 2.08. The lowest BCUT2D eigenvalue weighted by atomic mass is 10.1. The molecule has 0 saturated heterocycles. The molecule has 0 aliphatic heterocycles. The molecule has 2 N–H and O–H groups in total. The molecule has 0 aliphatic carbocycles. The van der Waals surface area contributed by atoms with Gasteiger partial charge in [0.15, 0.2) is 0 Å². The van der Waals surface area contributed by atoms with E-state index in [1.807, 2.05) is 30.3 Å². The Balaban J connectivity index is 2.22. The largest absolute Gasteiger partial charge is 0.478 e. The third-order valence-electron chi connectivity index (χ3n) is 2.74. The van der Waals surface area contributed by atoms with Gasteiger partial charge in [0, 0.05) is 6.54 Å². The van der Waals surface area contributed by atoms with Crippen LogP contribution in [0.1, 0.15) is 15.9 Å². The van der Waals surface area contributed by atoms with Gasteiger partial charge in [-0.3, -0.25) is 0 Å². The molecule has 0 aromatic heterocycles. The van der Waals surface area contributed by atoms with Crippen LogP contribution in [-0.2, 0) is 11.3 Å². The summed E-state index contributed by atoms with van der Waals surface area (Å²) < 4.78 is 0. The lowest BCUT2D eigenvalue weighted by Gasteiger charge is -2.09. The number of benzene rings is 2. The summed E-state index contributed by atoms with van der Waals surface area (Å²) in [7, 11) is 0. The second-order valence-corrected chi connectivity index (χ2v) is 4.08. The number of carboxylic acids is 1. The van der Waals surface area contributed by atoms with E-state index in [9.17, 15) is 9.59 Å².